The molecule has 0 spiro atoms. The summed E-state index contributed by atoms with van der Waals surface area (Å²) in [7, 11) is 1.51. The quantitative estimate of drug-likeness (QED) is 0.866. The van der Waals surface area contributed by atoms with Gasteiger partial charge in [-0.25, -0.2) is 14.2 Å². The molecule has 2 saturated heterocycles. The number of amides is 1. The van der Waals surface area contributed by atoms with Crippen LogP contribution in [-0.2, 0) is 11.2 Å². The molecule has 5 rings (SSSR count). The fourth-order valence-electron chi connectivity index (χ4n) is 4.38. The van der Waals surface area contributed by atoms with Gasteiger partial charge < -0.3 is 19.5 Å². The molecule has 0 radical (unpaired) electrons. The average molecular weight is 374 g/mol. The van der Waals surface area contributed by atoms with E-state index in [4.69, 9.17) is 9.47 Å². The summed E-state index contributed by atoms with van der Waals surface area (Å²) in [4.78, 5) is 17.8. The van der Waals surface area contributed by atoms with Crippen molar-refractivity contribution in [3.8, 4) is 5.88 Å². The maximum Gasteiger partial charge on any atom is 0.407 e. The molecule has 1 N–H and O–H groups in total. The topological polar surface area (TPSA) is 71.9 Å². The SMILES string of the molecule is COc1ccc2ccc(F)c(CCN(C(=O)O)C34CCC(CC3)OC4)c2n1. The number of aromatic nitrogens is 1. The second-order valence-corrected chi connectivity index (χ2v) is 7.37. The number of methoxy groups -OCH3 is 1. The smallest absolute Gasteiger partial charge is 0.407 e. The lowest BCUT2D eigenvalue weighted by atomic mass is 9.77. The molecule has 1 aliphatic carbocycles. The number of carboxylic acid groups (broad SMARTS) is 1. The number of halogens is 1. The average Bonchev–Trinajstić information content (AvgIpc) is 2.70. The first-order valence-electron chi connectivity index (χ1n) is 9.27. The lowest BCUT2D eigenvalue weighted by Crippen LogP contribution is -2.61. The maximum atomic E-state index is 14.6. The van der Waals surface area contributed by atoms with Crippen LogP contribution in [0.5, 0.6) is 5.88 Å². The van der Waals surface area contributed by atoms with Gasteiger partial charge in [-0.05, 0) is 50.3 Å². The Kier molecular flexibility index (Phi) is 4.63. The van der Waals surface area contributed by atoms with Crippen molar-refractivity contribution in [2.24, 2.45) is 0 Å². The van der Waals surface area contributed by atoms with Crippen molar-refractivity contribution >= 4 is 17.0 Å². The Bertz CT molecular complexity index is 851. The van der Waals surface area contributed by atoms with Crippen LogP contribution in [0.4, 0.5) is 9.18 Å². The molecule has 6 nitrogen and oxygen atoms in total. The first-order valence-corrected chi connectivity index (χ1v) is 9.27. The van der Waals surface area contributed by atoms with Crippen molar-refractivity contribution in [2.45, 2.75) is 43.7 Å². The van der Waals surface area contributed by atoms with Gasteiger partial charge in [0, 0.05) is 23.6 Å². The molecule has 0 atom stereocenters. The van der Waals surface area contributed by atoms with Crippen molar-refractivity contribution < 1.29 is 23.8 Å². The van der Waals surface area contributed by atoms with Crippen molar-refractivity contribution in [3.05, 3.63) is 35.6 Å². The lowest BCUT2D eigenvalue weighted by Gasteiger charge is -2.51. The second-order valence-electron chi connectivity index (χ2n) is 7.37. The van der Waals surface area contributed by atoms with Crippen molar-refractivity contribution in [1.29, 1.82) is 0 Å². The van der Waals surface area contributed by atoms with Crippen LogP contribution in [0.25, 0.3) is 10.9 Å². The molecule has 1 amide bonds. The van der Waals surface area contributed by atoms with Gasteiger partial charge in [-0.2, -0.15) is 0 Å². The molecule has 3 heterocycles. The van der Waals surface area contributed by atoms with E-state index in [1.165, 1.54) is 18.1 Å². The largest absolute Gasteiger partial charge is 0.481 e. The van der Waals surface area contributed by atoms with Gasteiger partial charge in [0.15, 0.2) is 0 Å². The molecule has 1 aromatic carbocycles. The van der Waals surface area contributed by atoms with E-state index in [2.05, 4.69) is 4.98 Å². The molecular weight excluding hydrogens is 351 g/mol. The van der Waals surface area contributed by atoms with Crippen LogP contribution in [0.3, 0.4) is 0 Å². The Balaban J connectivity index is 1.63. The number of fused-ring (bicyclic) bond motifs is 4. The summed E-state index contributed by atoms with van der Waals surface area (Å²) in [5, 5.41) is 10.6. The summed E-state index contributed by atoms with van der Waals surface area (Å²) < 4.78 is 25.5. The van der Waals surface area contributed by atoms with Crippen LogP contribution in [0.2, 0.25) is 0 Å². The highest BCUT2D eigenvalue weighted by Crippen LogP contribution is 2.40. The molecule has 2 aliphatic heterocycles. The number of ether oxygens (including phenoxy) is 2. The second kappa shape index (κ2) is 6.96. The van der Waals surface area contributed by atoms with Crippen molar-refractivity contribution in [1.82, 2.24) is 9.88 Å². The number of hydrogen-bond donors (Lipinski definition) is 1. The van der Waals surface area contributed by atoms with Gasteiger partial charge in [0.1, 0.15) is 5.82 Å². The van der Waals surface area contributed by atoms with Crippen molar-refractivity contribution in [2.75, 3.05) is 20.3 Å². The van der Waals surface area contributed by atoms with Gasteiger partial charge >= 0.3 is 6.09 Å². The van der Waals surface area contributed by atoms with Crippen molar-refractivity contribution in [3.63, 3.8) is 0 Å². The van der Waals surface area contributed by atoms with Crippen LogP contribution < -0.4 is 4.74 Å². The molecule has 2 aromatic rings. The molecule has 2 bridgehead atoms. The molecule has 3 aliphatic rings. The van der Waals surface area contributed by atoms with E-state index in [0.29, 0.717) is 23.6 Å². The number of rotatable bonds is 5. The summed E-state index contributed by atoms with van der Waals surface area (Å²) in [5.41, 5.74) is 0.437. The first kappa shape index (κ1) is 18.0. The minimum absolute atomic E-state index is 0.207. The van der Waals surface area contributed by atoms with Gasteiger partial charge in [0.25, 0.3) is 0 Å². The summed E-state index contributed by atoms with van der Waals surface area (Å²) in [5.74, 6) is 0.0248. The van der Waals surface area contributed by atoms with Crippen LogP contribution in [0.1, 0.15) is 31.2 Å². The fraction of sp³-hybridized carbons (Fsp3) is 0.500. The fourth-order valence-corrected chi connectivity index (χ4v) is 4.38. The Morgan fingerprint density at radius 3 is 2.74 bits per heavy atom. The van der Waals surface area contributed by atoms with Gasteiger partial charge in [0.05, 0.1) is 30.9 Å². The minimum Gasteiger partial charge on any atom is -0.481 e. The molecule has 1 aromatic heterocycles. The molecular formula is C20H23FN2O4. The maximum absolute atomic E-state index is 14.6. The highest BCUT2D eigenvalue weighted by molar-refractivity contribution is 5.82. The predicted molar refractivity (Wildman–Crippen MR) is 97.6 cm³/mol. The first-order chi connectivity index (χ1) is 13.0. The van der Waals surface area contributed by atoms with E-state index in [0.717, 1.165) is 31.1 Å². The third-order valence-electron chi connectivity index (χ3n) is 5.93. The van der Waals surface area contributed by atoms with E-state index in [1.54, 1.807) is 12.1 Å². The number of carbonyl (C=O) groups is 1. The number of nitrogens with zero attached hydrogens (tertiary/aromatic N) is 2. The molecule has 3 fully saturated rings. The van der Waals surface area contributed by atoms with Crippen LogP contribution in [0, 0.1) is 5.82 Å². The minimum atomic E-state index is -0.981. The molecule has 7 heteroatoms. The lowest BCUT2D eigenvalue weighted by molar-refractivity contribution is -0.126. The third kappa shape index (κ3) is 3.20. The van der Waals surface area contributed by atoms with E-state index < -0.39 is 11.6 Å². The van der Waals surface area contributed by atoms with Gasteiger partial charge in [-0.3, -0.25) is 0 Å². The Hall–Kier alpha value is -2.41. The van der Waals surface area contributed by atoms with Crippen LogP contribution in [0.15, 0.2) is 24.3 Å². The number of pyridine rings is 1. The van der Waals surface area contributed by atoms with Gasteiger partial charge in [0.2, 0.25) is 5.88 Å². The van der Waals surface area contributed by atoms with Crippen LogP contribution in [-0.4, -0.2) is 53.0 Å². The van der Waals surface area contributed by atoms with E-state index in [-0.39, 0.29) is 24.9 Å². The normalized spacial score (nSPS) is 24.1. The van der Waals surface area contributed by atoms with Gasteiger partial charge in [-0.1, -0.05) is 0 Å². The third-order valence-corrected chi connectivity index (χ3v) is 5.93. The highest BCUT2D eigenvalue weighted by Gasteiger charge is 2.47. The molecule has 27 heavy (non-hydrogen) atoms. The van der Waals surface area contributed by atoms with E-state index >= 15 is 0 Å². The summed E-state index contributed by atoms with van der Waals surface area (Å²) >= 11 is 0. The molecule has 1 saturated carbocycles. The van der Waals surface area contributed by atoms with E-state index in [1.807, 2.05) is 6.07 Å². The Morgan fingerprint density at radius 2 is 2.11 bits per heavy atom. The van der Waals surface area contributed by atoms with Crippen LogP contribution >= 0.6 is 0 Å². The number of benzene rings is 1. The number of hydrogen-bond acceptors (Lipinski definition) is 4. The summed E-state index contributed by atoms with van der Waals surface area (Å²) in [6, 6.07) is 6.63. The zero-order valence-corrected chi connectivity index (χ0v) is 15.3. The highest BCUT2D eigenvalue weighted by atomic mass is 19.1. The zero-order chi connectivity index (χ0) is 19.0. The standard InChI is InChI=1S/C20H23FN2O4/c1-26-17-5-3-13-2-4-16(21)15(18(13)22-17)8-11-23(19(24)25)20-9-6-14(7-10-20)27-12-20/h2-5,14H,6-12H2,1H3,(H,24,25). The predicted octanol–water partition coefficient (Wildman–Crippen LogP) is 3.62. The summed E-state index contributed by atoms with van der Waals surface area (Å²) in [6.45, 7) is 0.631. The van der Waals surface area contributed by atoms with E-state index in [9.17, 15) is 14.3 Å². The Labute approximate surface area is 156 Å². The Morgan fingerprint density at radius 1 is 1.37 bits per heavy atom. The van der Waals surface area contributed by atoms with Gasteiger partial charge in [-0.15, -0.1) is 0 Å². The monoisotopic (exact) mass is 374 g/mol. The zero-order valence-electron chi connectivity index (χ0n) is 15.3. The molecule has 144 valence electrons. The summed E-state index contributed by atoms with van der Waals surface area (Å²) in [6.07, 6.45) is 2.89. The molecule has 0 unspecified atom stereocenters.